The molecule has 1 fully saturated rings. The molecule has 0 saturated carbocycles. The van der Waals surface area contributed by atoms with Crippen LogP contribution >= 0.6 is 0 Å². The lowest BCUT2D eigenvalue weighted by Crippen LogP contribution is -2.20. The highest BCUT2D eigenvalue weighted by atomic mass is 16.5. The van der Waals surface area contributed by atoms with Crippen LogP contribution in [0.3, 0.4) is 0 Å². The van der Waals surface area contributed by atoms with E-state index in [0.717, 1.165) is 47.4 Å². The van der Waals surface area contributed by atoms with Crippen LogP contribution in [0.15, 0.2) is 36.7 Å². The van der Waals surface area contributed by atoms with Crippen molar-refractivity contribution in [2.45, 2.75) is 32.4 Å². The molecule has 1 aliphatic heterocycles. The smallest absolute Gasteiger partial charge is 0.150 e. The Labute approximate surface area is 129 Å². The summed E-state index contributed by atoms with van der Waals surface area (Å²) >= 11 is 0. The Morgan fingerprint density at radius 2 is 2.00 bits per heavy atom. The van der Waals surface area contributed by atoms with Crippen LogP contribution in [0.2, 0.25) is 0 Å². The summed E-state index contributed by atoms with van der Waals surface area (Å²) in [4.78, 5) is 9.20. The Hall–Kier alpha value is -2.27. The molecule has 0 N–H and O–H groups in total. The largest absolute Gasteiger partial charge is 0.357 e. The van der Waals surface area contributed by atoms with Gasteiger partial charge in [-0.2, -0.15) is 5.10 Å². The predicted molar refractivity (Wildman–Crippen MR) is 84.3 cm³/mol. The predicted octanol–water partition coefficient (Wildman–Crippen LogP) is 3.50. The molecule has 3 aromatic rings. The molecule has 112 valence electrons. The summed E-state index contributed by atoms with van der Waals surface area (Å²) in [6.07, 6.45) is 7.08. The van der Waals surface area contributed by atoms with E-state index in [9.17, 15) is 0 Å². The van der Waals surface area contributed by atoms with Crippen LogP contribution in [0.5, 0.6) is 0 Å². The quantitative estimate of drug-likeness (QED) is 0.726. The third kappa shape index (κ3) is 2.27. The van der Waals surface area contributed by atoms with Crippen LogP contribution in [0, 0.1) is 6.92 Å². The standard InChI is InChI=1S/C17H18N4O/c1-12-13(10-19-21(12)17-8-4-5-9-22-17)16-11-18-14-6-2-3-7-15(14)20-16/h2-3,6-7,10-11,17H,4-5,8-9H2,1H3. The second-order valence-electron chi connectivity index (χ2n) is 5.65. The topological polar surface area (TPSA) is 52.8 Å². The highest BCUT2D eigenvalue weighted by Crippen LogP contribution is 2.28. The number of nitrogens with zero attached hydrogens (tertiary/aromatic N) is 4. The zero-order chi connectivity index (χ0) is 14.9. The van der Waals surface area contributed by atoms with Crippen molar-refractivity contribution in [3.8, 4) is 11.3 Å². The molecule has 0 radical (unpaired) electrons. The van der Waals surface area contributed by atoms with E-state index in [-0.39, 0.29) is 6.23 Å². The maximum atomic E-state index is 5.83. The van der Waals surface area contributed by atoms with Crippen molar-refractivity contribution >= 4 is 11.0 Å². The lowest BCUT2D eigenvalue weighted by atomic mass is 10.1. The minimum Gasteiger partial charge on any atom is -0.357 e. The number of ether oxygens (including phenoxy) is 1. The fourth-order valence-electron chi connectivity index (χ4n) is 2.97. The second-order valence-corrected chi connectivity index (χ2v) is 5.65. The minimum atomic E-state index is 0.0518. The third-order valence-corrected chi connectivity index (χ3v) is 4.20. The molecule has 5 heteroatoms. The van der Waals surface area contributed by atoms with Gasteiger partial charge in [0.15, 0.2) is 0 Å². The van der Waals surface area contributed by atoms with Crippen molar-refractivity contribution in [1.82, 2.24) is 19.7 Å². The average Bonchev–Trinajstić information content (AvgIpc) is 2.97. The Balaban J connectivity index is 1.73. The molecular formula is C17H18N4O. The normalized spacial score (nSPS) is 18.7. The first-order valence-corrected chi connectivity index (χ1v) is 7.71. The Morgan fingerprint density at radius 3 is 2.82 bits per heavy atom. The van der Waals surface area contributed by atoms with E-state index >= 15 is 0 Å². The first-order valence-electron chi connectivity index (χ1n) is 7.71. The SMILES string of the molecule is Cc1c(-c2cnc3ccccc3n2)cnn1C1CCCCO1. The Morgan fingerprint density at radius 1 is 1.14 bits per heavy atom. The number of benzene rings is 1. The van der Waals surface area contributed by atoms with Gasteiger partial charge in [0, 0.05) is 17.9 Å². The van der Waals surface area contributed by atoms with Crippen molar-refractivity contribution < 1.29 is 4.74 Å². The third-order valence-electron chi connectivity index (χ3n) is 4.20. The molecule has 1 atom stereocenters. The number of hydrogen-bond acceptors (Lipinski definition) is 4. The second kappa shape index (κ2) is 5.50. The summed E-state index contributed by atoms with van der Waals surface area (Å²) in [7, 11) is 0. The van der Waals surface area contributed by atoms with Crippen LogP contribution < -0.4 is 0 Å². The van der Waals surface area contributed by atoms with Crippen molar-refractivity contribution in [3.05, 3.63) is 42.4 Å². The van der Waals surface area contributed by atoms with E-state index in [4.69, 9.17) is 9.72 Å². The van der Waals surface area contributed by atoms with Gasteiger partial charge in [0.1, 0.15) is 6.23 Å². The van der Waals surface area contributed by atoms with Gasteiger partial charge in [-0.3, -0.25) is 4.98 Å². The van der Waals surface area contributed by atoms with Crippen LogP contribution in [-0.4, -0.2) is 26.4 Å². The summed E-state index contributed by atoms with van der Waals surface area (Å²) in [5, 5.41) is 4.52. The lowest BCUT2D eigenvalue weighted by molar-refractivity contribution is -0.0406. The van der Waals surface area contributed by atoms with Crippen LogP contribution in [0.25, 0.3) is 22.3 Å². The molecule has 1 aliphatic rings. The van der Waals surface area contributed by atoms with Crippen molar-refractivity contribution in [1.29, 1.82) is 0 Å². The van der Waals surface area contributed by atoms with Gasteiger partial charge in [0.25, 0.3) is 0 Å². The summed E-state index contributed by atoms with van der Waals surface area (Å²) < 4.78 is 7.81. The molecule has 1 aromatic carbocycles. The zero-order valence-electron chi connectivity index (χ0n) is 12.6. The van der Waals surface area contributed by atoms with Gasteiger partial charge in [-0.05, 0) is 38.3 Å². The molecule has 22 heavy (non-hydrogen) atoms. The number of hydrogen-bond donors (Lipinski definition) is 0. The average molecular weight is 294 g/mol. The van der Waals surface area contributed by atoms with Crippen molar-refractivity contribution in [2.24, 2.45) is 0 Å². The minimum absolute atomic E-state index is 0.0518. The van der Waals surface area contributed by atoms with Crippen molar-refractivity contribution in [3.63, 3.8) is 0 Å². The summed E-state index contributed by atoms with van der Waals surface area (Å²) in [5.41, 5.74) is 4.77. The molecule has 3 heterocycles. The van der Waals surface area contributed by atoms with E-state index in [2.05, 4.69) is 17.0 Å². The molecule has 4 rings (SSSR count). The number of rotatable bonds is 2. The molecule has 0 bridgehead atoms. The maximum Gasteiger partial charge on any atom is 0.150 e. The highest BCUT2D eigenvalue weighted by Gasteiger charge is 2.20. The maximum absolute atomic E-state index is 5.83. The van der Waals surface area contributed by atoms with Gasteiger partial charge in [0.05, 0.1) is 29.1 Å². The first kappa shape index (κ1) is 13.4. The monoisotopic (exact) mass is 294 g/mol. The van der Waals surface area contributed by atoms with Crippen LogP contribution in [-0.2, 0) is 4.74 Å². The lowest BCUT2D eigenvalue weighted by Gasteiger charge is -2.24. The Kier molecular flexibility index (Phi) is 3.35. The molecule has 0 aliphatic carbocycles. The van der Waals surface area contributed by atoms with E-state index < -0.39 is 0 Å². The molecule has 0 amide bonds. The van der Waals surface area contributed by atoms with Gasteiger partial charge >= 0.3 is 0 Å². The van der Waals surface area contributed by atoms with E-state index in [1.165, 1.54) is 6.42 Å². The van der Waals surface area contributed by atoms with Crippen LogP contribution in [0.1, 0.15) is 31.2 Å². The fraction of sp³-hybridized carbons (Fsp3) is 0.353. The number of para-hydroxylation sites is 2. The van der Waals surface area contributed by atoms with Gasteiger partial charge < -0.3 is 4.74 Å². The highest BCUT2D eigenvalue weighted by molar-refractivity contribution is 5.77. The molecule has 2 aromatic heterocycles. The van der Waals surface area contributed by atoms with Gasteiger partial charge in [-0.25, -0.2) is 9.67 Å². The molecule has 1 saturated heterocycles. The van der Waals surface area contributed by atoms with Crippen molar-refractivity contribution in [2.75, 3.05) is 6.61 Å². The first-order chi connectivity index (χ1) is 10.8. The molecule has 1 unspecified atom stereocenters. The van der Waals surface area contributed by atoms with Gasteiger partial charge in [-0.15, -0.1) is 0 Å². The van der Waals surface area contributed by atoms with Gasteiger partial charge in [0.2, 0.25) is 0 Å². The fourth-order valence-corrected chi connectivity index (χ4v) is 2.97. The van der Waals surface area contributed by atoms with E-state index in [0.29, 0.717) is 0 Å². The van der Waals surface area contributed by atoms with Gasteiger partial charge in [-0.1, -0.05) is 12.1 Å². The Bertz CT molecular complexity index is 805. The molecule has 5 nitrogen and oxygen atoms in total. The summed E-state index contributed by atoms with van der Waals surface area (Å²) in [6.45, 7) is 2.88. The van der Waals surface area contributed by atoms with E-state index in [1.54, 1.807) is 0 Å². The summed E-state index contributed by atoms with van der Waals surface area (Å²) in [5.74, 6) is 0. The summed E-state index contributed by atoms with van der Waals surface area (Å²) in [6, 6.07) is 7.90. The van der Waals surface area contributed by atoms with E-state index in [1.807, 2.05) is 41.3 Å². The van der Waals surface area contributed by atoms with Crippen LogP contribution in [0.4, 0.5) is 0 Å². The number of fused-ring (bicyclic) bond motifs is 1. The molecular weight excluding hydrogens is 276 g/mol. The molecule has 0 spiro atoms. The zero-order valence-corrected chi connectivity index (χ0v) is 12.6. The number of aromatic nitrogens is 4.